The normalized spacial score (nSPS) is 39.4. The summed E-state index contributed by atoms with van der Waals surface area (Å²) in [7, 11) is 1.99. The summed E-state index contributed by atoms with van der Waals surface area (Å²) in [5.41, 5.74) is 0. The SMILES string of the molecule is CN(CC1CC1)C(=O)C1CC2CC2C1. The van der Waals surface area contributed by atoms with Crippen molar-refractivity contribution in [3.05, 3.63) is 0 Å². The summed E-state index contributed by atoms with van der Waals surface area (Å²) >= 11 is 0. The molecule has 3 rings (SSSR count). The lowest BCUT2D eigenvalue weighted by Gasteiger charge is -2.21. The van der Waals surface area contributed by atoms with Crippen LogP contribution in [0.1, 0.15) is 32.1 Å². The van der Waals surface area contributed by atoms with E-state index in [9.17, 15) is 4.79 Å². The van der Waals surface area contributed by atoms with Gasteiger partial charge >= 0.3 is 0 Å². The van der Waals surface area contributed by atoms with Crippen LogP contribution in [0.5, 0.6) is 0 Å². The van der Waals surface area contributed by atoms with E-state index in [0.717, 1.165) is 24.3 Å². The van der Waals surface area contributed by atoms with Crippen LogP contribution in [-0.2, 0) is 4.79 Å². The average molecular weight is 193 g/mol. The van der Waals surface area contributed by atoms with Crippen molar-refractivity contribution in [3.63, 3.8) is 0 Å². The molecule has 3 aliphatic carbocycles. The van der Waals surface area contributed by atoms with Gasteiger partial charge in [0.1, 0.15) is 0 Å². The molecule has 2 nitrogen and oxygen atoms in total. The lowest BCUT2D eigenvalue weighted by molar-refractivity contribution is -0.134. The van der Waals surface area contributed by atoms with Gasteiger partial charge in [0.15, 0.2) is 0 Å². The molecule has 2 heteroatoms. The number of hydrogen-bond donors (Lipinski definition) is 0. The van der Waals surface area contributed by atoms with Crippen LogP contribution in [0.15, 0.2) is 0 Å². The first-order valence-corrected chi connectivity index (χ1v) is 5.99. The molecule has 0 radical (unpaired) electrons. The van der Waals surface area contributed by atoms with Crippen LogP contribution in [0.25, 0.3) is 0 Å². The van der Waals surface area contributed by atoms with E-state index in [1.807, 2.05) is 11.9 Å². The zero-order valence-electron chi connectivity index (χ0n) is 8.91. The highest BCUT2D eigenvalue weighted by Crippen LogP contribution is 2.54. The quantitative estimate of drug-likeness (QED) is 0.670. The summed E-state index contributed by atoms with van der Waals surface area (Å²) < 4.78 is 0. The lowest BCUT2D eigenvalue weighted by Crippen LogP contribution is -2.33. The molecule has 2 unspecified atom stereocenters. The van der Waals surface area contributed by atoms with Gasteiger partial charge in [-0.3, -0.25) is 4.79 Å². The van der Waals surface area contributed by atoms with Gasteiger partial charge in [0.2, 0.25) is 5.91 Å². The Morgan fingerprint density at radius 3 is 2.43 bits per heavy atom. The van der Waals surface area contributed by atoms with Crippen LogP contribution < -0.4 is 0 Å². The van der Waals surface area contributed by atoms with Gasteiger partial charge in [0.25, 0.3) is 0 Å². The molecule has 1 amide bonds. The van der Waals surface area contributed by atoms with Gasteiger partial charge in [-0.15, -0.1) is 0 Å². The van der Waals surface area contributed by atoms with Crippen molar-refractivity contribution in [2.45, 2.75) is 32.1 Å². The molecule has 0 N–H and O–H groups in total. The number of carbonyl (C=O) groups excluding carboxylic acids is 1. The monoisotopic (exact) mass is 193 g/mol. The van der Waals surface area contributed by atoms with Gasteiger partial charge < -0.3 is 4.90 Å². The first-order chi connectivity index (χ1) is 6.74. The van der Waals surface area contributed by atoms with Crippen LogP contribution in [0.2, 0.25) is 0 Å². The summed E-state index contributed by atoms with van der Waals surface area (Å²) in [5.74, 6) is 3.52. The number of fused-ring (bicyclic) bond motifs is 1. The second kappa shape index (κ2) is 2.98. The Morgan fingerprint density at radius 2 is 1.86 bits per heavy atom. The predicted molar refractivity (Wildman–Crippen MR) is 54.7 cm³/mol. The third-order valence-electron chi connectivity index (χ3n) is 4.20. The van der Waals surface area contributed by atoms with E-state index in [2.05, 4.69) is 0 Å². The Balaban J connectivity index is 1.52. The van der Waals surface area contributed by atoms with Crippen molar-refractivity contribution in [3.8, 4) is 0 Å². The van der Waals surface area contributed by atoms with E-state index >= 15 is 0 Å². The standard InChI is InChI=1S/C12H19NO/c1-13(7-8-2-3-8)12(14)11-5-9-4-10(9)6-11/h8-11H,2-7H2,1H3. The predicted octanol–water partition coefficient (Wildman–Crippen LogP) is 1.90. The van der Waals surface area contributed by atoms with Crippen LogP contribution >= 0.6 is 0 Å². The second-order valence-corrected chi connectivity index (χ2v) is 5.59. The molecular formula is C12H19NO. The van der Waals surface area contributed by atoms with Gasteiger partial charge in [0.05, 0.1) is 0 Å². The number of amides is 1. The zero-order valence-corrected chi connectivity index (χ0v) is 8.91. The molecule has 0 heterocycles. The summed E-state index contributed by atoms with van der Waals surface area (Å²) in [6, 6.07) is 0. The molecule has 78 valence electrons. The number of hydrogen-bond acceptors (Lipinski definition) is 1. The van der Waals surface area contributed by atoms with E-state index in [-0.39, 0.29) is 0 Å². The topological polar surface area (TPSA) is 20.3 Å². The van der Waals surface area contributed by atoms with E-state index in [1.54, 1.807) is 0 Å². The molecule has 0 aromatic rings. The van der Waals surface area contributed by atoms with E-state index < -0.39 is 0 Å². The Labute approximate surface area is 85.7 Å². The minimum absolute atomic E-state index is 0.391. The molecular weight excluding hydrogens is 174 g/mol. The third kappa shape index (κ3) is 1.55. The highest BCUT2D eigenvalue weighted by molar-refractivity contribution is 5.79. The highest BCUT2D eigenvalue weighted by Gasteiger charge is 2.48. The minimum Gasteiger partial charge on any atom is -0.345 e. The highest BCUT2D eigenvalue weighted by atomic mass is 16.2. The fourth-order valence-corrected chi connectivity index (χ4v) is 3.01. The van der Waals surface area contributed by atoms with Crippen LogP contribution in [-0.4, -0.2) is 24.4 Å². The average Bonchev–Trinajstić information content (AvgIpc) is 3.08. The molecule has 3 fully saturated rings. The van der Waals surface area contributed by atoms with E-state index in [1.165, 1.54) is 32.1 Å². The molecule has 0 bridgehead atoms. The van der Waals surface area contributed by atoms with Crippen molar-refractivity contribution >= 4 is 5.91 Å². The molecule has 2 atom stereocenters. The lowest BCUT2D eigenvalue weighted by atomic mass is 10.0. The Hall–Kier alpha value is -0.530. The summed E-state index contributed by atoms with van der Waals surface area (Å²) in [6.07, 6.45) is 6.48. The Bertz CT molecular complexity index is 249. The van der Waals surface area contributed by atoms with E-state index in [0.29, 0.717) is 11.8 Å². The molecule has 0 saturated heterocycles. The Morgan fingerprint density at radius 1 is 1.21 bits per heavy atom. The van der Waals surface area contributed by atoms with Crippen LogP contribution in [0, 0.1) is 23.7 Å². The molecule has 0 spiro atoms. The van der Waals surface area contributed by atoms with Crippen molar-refractivity contribution in [2.75, 3.05) is 13.6 Å². The largest absolute Gasteiger partial charge is 0.345 e. The summed E-state index contributed by atoms with van der Waals surface area (Å²) in [6.45, 7) is 1.02. The maximum atomic E-state index is 12.0. The first-order valence-electron chi connectivity index (χ1n) is 5.99. The minimum atomic E-state index is 0.391. The molecule has 3 aliphatic rings. The third-order valence-corrected chi connectivity index (χ3v) is 4.20. The van der Waals surface area contributed by atoms with Crippen LogP contribution in [0.4, 0.5) is 0 Å². The van der Waals surface area contributed by atoms with Crippen LogP contribution in [0.3, 0.4) is 0 Å². The first kappa shape index (κ1) is 8.75. The number of nitrogens with zero attached hydrogens (tertiary/aromatic N) is 1. The van der Waals surface area contributed by atoms with Crippen molar-refractivity contribution in [2.24, 2.45) is 23.7 Å². The van der Waals surface area contributed by atoms with Gasteiger partial charge in [-0.1, -0.05) is 0 Å². The molecule has 0 aromatic carbocycles. The summed E-state index contributed by atoms with van der Waals surface area (Å²) in [5, 5.41) is 0. The molecule has 3 saturated carbocycles. The molecule has 0 aromatic heterocycles. The maximum absolute atomic E-state index is 12.0. The molecule has 14 heavy (non-hydrogen) atoms. The Kier molecular flexibility index (Phi) is 1.86. The van der Waals surface area contributed by atoms with Crippen molar-refractivity contribution < 1.29 is 4.79 Å². The van der Waals surface area contributed by atoms with Gasteiger partial charge in [-0.25, -0.2) is 0 Å². The van der Waals surface area contributed by atoms with Gasteiger partial charge in [-0.05, 0) is 49.9 Å². The maximum Gasteiger partial charge on any atom is 0.225 e. The fourth-order valence-electron chi connectivity index (χ4n) is 3.01. The summed E-state index contributed by atoms with van der Waals surface area (Å²) in [4.78, 5) is 14.0. The second-order valence-electron chi connectivity index (χ2n) is 5.59. The van der Waals surface area contributed by atoms with Gasteiger partial charge in [0, 0.05) is 19.5 Å². The van der Waals surface area contributed by atoms with Gasteiger partial charge in [-0.2, -0.15) is 0 Å². The fraction of sp³-hybridized carbons (Fsp3) is 0.917. The van der Waals surface area contributed by atoms with Crippen molar-refractivity contribution in [1.29, 1.82) is 0 Å². The zero-order chi connectivity index (χ0) is 9.71. The van der Waals surface area contributed by atoms with Crippen molar-refractivity contribution in [1.82, 2.24) is 4.90 Å². The smallest absolute Gasteiger partial charge is 0.225 e. The van der Waals surface area contributed by atoms with E-state index in [4.69, 9.17) is 0 Å². The number of rotatable bonds is 3. The number of carbonyl (C=O) groups is 1. The molecule has 0 aliphatic heterocycles.